The minimum Gasteiger partial charge on any atom is -0.394 e. The van der Waals surface area contributed by atoms with Gasteiger partial charge in [0.1, 0.15) is 0 Å². The average Bonchev–Trinajstić information content (AvgIpc) is 1.54. The summed E-state index contributed by atoms with van der Waals surface area (Å²) in [7, 11) is 0. The molecule has 0 aromatic heterocycles. The predicted molar refractivity (Wildman–Crippen MR) is 52.1 cm³/mol. The van der Waals surface area contributed by atoms with Crippen molar-refractivity contribution in [2.45, 2.75) is 59.9 Å². The zero-order chi connectivity index (χ0) is 10.7. The summed E-state index contributed by atoms with van der Waals surface area (Å²) in [5, 5.41) is 24.2. The third-order valence-electron chi connectivity index (χ3n) is 0. The SMILES string of the molecule is CC(C)O.CC(C)O.CC(C)O.[Tm]. The summed E-state index contributed by atoms with van der Waals surface area (Å²) in [4.78, 5) is 0. The van der Waals surface area contributed by atoms with Gasteiger partial charge in [0.2, 0.25) is 0 Å². The molecule has 0 atom stereocenters. The van der Waals surface area contributed by atoms with Crippen LogP contribution in [-0.4, -0.2) is 33.6 Å². The van der Waals surface area contributed by atoms with Crippen LogP contribution >= 0.6 is 0 Å². The Labute approximate surface area is 111 Å². The van der Waals surface area contributed by atoms with E-state index in [1.165, 1.54) is 0 Å². The molecule has 0 saturated heterocycles. The molecule has 0 bridgehead atoms. The molecule has 0 aromatic carbocycles. The largest absolute Gasteiger partial charge is 0.394 e. The van der Waals surface area contributed by atoms with Gasteiger partial charge in [0.05, 0.1) is 0 Å². The van der Waals surface area contributed by atoms with E-state index in [9.17, 15) is 0 Å². The minimum atomic E-state index is -0.167. The van der Waals surface area contributed by atoms with Gasteiger partial charge in [0, 0.05) is 55.2 Å². The standard InChI is InChI=1S/3C3H8O.Tm/c3*1-3(2)4;/h3*3-4H,1-2H3;. The summed E-state index contributed by atoms with van der Waals surface area (Å²) in [6, 6.07) is 0. The second-order valence-electron chi connectivity index (χ2n) is 3.28. The predicted octanol–water partition coefficient (Wildman–Crippen LogP) is 1.16. The summed E-state index contributed by atoms with van der Waals surface area (Å²) in [6.45, 7) is 10.3. The zero-order valence-electron chi connectivity index (χ0n) is 9.35. The Hall–Kier alpha value is 1.11. The molecule has 0 unspecified atom stereocenters. The van der Waals surface area contributed by atoms with Crippen LogP contribution < -0.4 is 0 Å². The molecule has 0 fully saturated rings. The first kappa shape index (κ1) is 23.7. The topological polar surface area (TPSA) is 60.7 Å². The van der Waals surface area contributed by atoms with Crippen LogP contribution in [0.1, 0.15) is 41.5 Å². The third kappa shape index (κ3) is 1310. The molecular formula is C9H24O3Tm. The van der Waals surface area contributed by atoms with E-state index >= 15 is 0 Å². The van der Waals surface area contributed by atoms with E-state index < -0.39 is 0 Å². The molecule has 4 heteroatoms. The maximum atomic E-state index is 8.06. The van der Waals surface area contributed by atoms with E-state index in [-0.39, 0.29) is 55.2 Å². The van der Waals surface area contributed by atoms with Gasteiger partial charge >= 0.3 is 0 Å². The quantitative estimate of drug-likeness (QED) is 0.615. The van der Waals surface area contributed by atoms with E-state index in [2.05, 4.69) is 0 Å². The van der Waals surface area contributed by atoms with Crippen LogP contribution in [0.5, 0.6) is 0 Å². The van der Waals surface area contributed by atoms with E-state index in [4.69, 9.17) is 15.3 Å². The molecule has 0 aliphatic carbocycles. The van der Waals surface area contributed by atoms with Crippen LogP contribution in [0.2, 0.25) is 0 Å². The van der Waals surface area contributed by atoms with Gasteiger partial charge in [-0.15, -0.1) is 0 Å². The van der Waals surface area contributed by atoms with E-state index in [0.29, 0.717) is 0 Å². The number of rotatable bonds is 0. The Bertz CT molecular complexity index is 43.4. The van der Waals surface area contributed by atoms with Crippen LogP contribution in [0, 0.1) is 36.9 Å². The van der Waals surface area contributed by atoms with Crippen LogP contribution in [-0.2, 0) is 0 Å². The van der Waals surface area contributed by atoms with Crippen LogP contribution in [0.25, 0.3) is 0 Å². The smallest absolute Gasteiger partial charge is 0.0483 e. The first-order valence-corrected chi connectivity index (χ1v) is 4.24. The molecule has 91 valence electrons. The molecule has 0 heterocycles. The maximum absolute atomic E-state index is 8.06. The molecule has 0 amide bonds. The fraction of sp³-hybridized carbons (Fsp3) is 1.00. The van der Waals surface area contributed by atoms with Gasteiger partial charge in [-0.2, -0.15) is 0 Å². The van der Waals surface area contributed by atoms with Crippen molar-refractivity contribution in [2.75, 3.05) is 0 Å². The van der Waals surface area contributed by atoms with Crippen molar-refractivity contribution in [2.24, 2.45) is 0 Å². The first-order valence-electron chi connectivity index (χ1n) is 4.24. The van der Waals surface area contributed by atoms with Gasteiger partial charge in [-0.25, -0.2) is 0 Å². The van der Waals surface area contributed by atoms with Crippen molar-refractivity contribution in [3.63, 3.8) is 0 Å². The summed E-state index contributed by atoms with van der Waals surface area (Å²) >= 11 is 0. The Kier molecular flexibility index (Phi) is 34.3. The second-order valence-corrected chi connectivity index (χ2v) is 3.28. The van der Waals surface area contributed by atoms with Crippen molar-refractivity contribution < 1.29 is 52.2 Å². The molecule has 0 aromatic rings. The molecule has 0 aliphatic rings. The summed E-state index contributed by atoms with van der Waals surface area (Å²) < 4.78 is 0. The van der Waals surface area contributed by atoms with Gasteiger partial charge in [-0.3, -0.25) is 0 Å². The van der Waals surface area contributed by atoms with Gasteiger partial charge in [0.15, 0.2) is 0 Å². The summed E-state index contributed by atoms with van der Waals surface area (Å²) in [6.07, 6.45) is -0.500. The monoisotopic (exact) mass is 349 g/mol. The first-order chi connectivity index (χ1) is 5.20. The summed E-state index contributed by atoms with van der Waals surface area (Å²) in [5.41, 5.74) is 0. The van der Waals surface area contributed by atoms with Crippen LogP contribution in [0.4, 0.5) is 0 Å². The normalized spacial score (nSPS) is 8.31. The van der Waals surface area contributed by atoms with Crippen molar-refractivity contribution >= 4 is 0 Å². The number of hydrogen-bond donors (Lipinski definition) is 3. The number of aliphatic hydroxyl groups excluding tert-OH is 3. The minimum absolute atomic E-state index is 0. The van der Waals surface area contributed by atoms with Crippen LogP contribution in [0.3, 0.4) is 0 Å². The Morgan fingerprint density at radius 2 is 0.538 bits per heavy atom. The molecule has 3 N–H and O–H groups in total. The summed E-state index contributed by atoms with van der Waals surface area (Å²) in [5.74, 6) is 0. The molecule has 1 radical (unpaired) electrons. The van der Waals surface area contributed by atoms with Gasteiger partial charge in [0.25, 0.3) is 0 Å². The number of hydrogen-bond acceptors (Lipinski definition) is 3. The van der Waals surface area contributed by atoms with Gasteiger partial charge < -0.3 is 15.3 Å². The van der Waals surface area contributed by atoms with Crippen LogP contribution in [0.15, 0.2) is 0 Å². The maximum Gasteiger partial charge on any atom is 0.0483 e. The molecule has 0 aliphatic heterocycles. The van der Waals surface area contributed by atoms with E-state index in [0.717, 1.165) is 0 Å². The fourth-order valence-electron chi connectivity index (χ4n) is 0. The third-order valence-corrected chi connectivity index (χ3v) is 0. The number of aliphatic hydroxyl groups is 3. The van der Waals surface area contributed by atoms with Gasteiger partial charge in [-0.1, -0.05) is 0 Å². The van der Waals surface area contributed by atoms with Gasteiger partial charge in [-0.05, 0) is 41.5 Å². The molecule has 0 spiro atoms. The second kappa shape index (κ2) is 18.8. The molecule has 13 heavy (non-hydrogen) atoms. The van der Waals surface area contributed by atoms with Crippen molar-refractivity contribution in [1.82, 2.24) is 0 Å². The van der Waals surface area contributed by atoms with Crippen molar-refractivity contribution in [3.8, 4) is 0 Å². The van der Waals surface area contributed by atoms with E-state index in [1.54, 1.807) is 41.5 Å². The van der Waals surface area contributed by atoms with Crippen molar-refractivity contribution in [1.29, 1.82) is 0 Å². The fourth-order valence-corrected chi connectivity index (χ4v) is 0. The van der Waals surface area contributed by atoms with Crippen molar-refractivity contribution in [3.05, 3.63) is 0 Å². The zero-order valence-corrected chi connectivity index (χ0v) is 11.1. The Morgan fingerprint density at radius 3 is 0.538 bits per heavy atom. The molecular weight excluding hydrogens is 325 g/mol. The molecule has 0 rings (SSSR count). The molecule has 0 saturated carbocycles. The molecule has 3 nitrogen and oxygen atoms in total. The average molecular weight is 349 g/mol. The Balaban J connectivity index is -0.0000000450. The van der Waals surface area contributed by atoms with E-state index in [1.807, 2.05) is 0 Å². The Morgan fingerprint density at radius 1 is 0.538 bits per heavy atom.